The van der Waals surface area contributed by atoms with Crippen LogP contribution in [0.4, 0.5) is 4.39 Å². The predicted molar refractivity (Wildman–Crippen MR) is 97.5 cm³/mol. The third kappa shape index (κ3) is 5.13. The Labute approximate surface area is 153 Å². The molecule has 2 rings (SSSR count). The summed E-state index contributed by atoms with van der Waals surface area (Å²) in [5, 5.41) is 0. The maximum atomic E-state index is 14.0. The highest BCUT2D eigenvalue weighted by molar-refractivity contribution is 5.97. The van der Waals surface area contributed by atoms with Gasteiger partial charge in [-0.25, -0.2) is 9.18 Å². The van der Waals surface area contributed by atoms with Crippen molar-refractivity contribution >= 4 is 11.9 Å². The van der Waals surface area contributed by atoms with Gasteiger partial charge in [-0.05, 0) is 38.4 Å². The van der Waals surface area contributed by atoms with Gasteiger partial charge in [0, 0.05) is 30.8 Å². The third-order valence-electron chi connectivity index (χ3n) is 3.95. The van der Waals surface area contributed by atoms with E-state index in [0.29, 0.717) is 29.8 Å². The van der Waals surface area contributed by atoms with Crippen molar-refractivity contribution in [1.82, 2.24) is 9.80 Å². The molecule has 0 aliphatic carbocycles. The van der Waals surface area contributed by atoms with Gasteiger partial charge in [0.2, 0.25) is 0 Å². The van der Waals surface area contributed by atoms with Crippen LogP contribution in [-0.2, 0) is 11.3 Å². The van der Waals surface area contributed by atoms with Crippen molar-refractivity contribution in [3.63, 3.8) is 0 Å². The van der Waals surface area contributed by atoms with Crippen LogP contribution in [0.5, 0.6) is 0 Å². The number of halogens is 1. The second kappa shape index (κ2) is 9.10. The average Bonchev–Trinajstić information content (AvgIpc) is 2.65. The molecular formula is C20H23FN2O3. The van der Waals surface area contributed by atoms with Crippen molar-refractivity contribution in [2.75, 3.05) is 34.3 Å². The summed E-state index contributed by atoms with van der Waals surface area (Å²) in [7, 11) is 5.10. The lowest BCUT2D eigenvalue weighted by Crippen LogP contribution is -2.36. The molecule has 2 aromatic rings. The molecule has 0 spiro atoms. The SMILES string of the molecule is COC(=O)c1cccc(C(=O)N(CCN(C)C)Cc2ccccc2F)c1. The Hall–Kier alpha value is -2.73. The largest absolute Gasteiger partial charge is 0.465 e. The monoisotopic (exact) mass is 358 g/mol. The Morgan fingerprint density at radius 3 is 2.35 bits per heavy atom. The second-order valence-electron chi connectivity index (χ2n) is 6.19. The minimum Gasteiger partial charge on any atom is -0.465 e. The molecule has 0 atom stereocenters. The highest BCUT2D eigenvalue weighted by atomic mass is 19.1. The van der Waals surface area contributed by atoms with Gasteiger partial charge < -0.3 is 14.5 Å². The molecule has 0 heterocycles. The van der Waals surface area contributed by atoms with Crippen molar-refractivity contribution < 1.29 is 18.7 Å². The van der Waals surface area contributed by atoms with Gasteiger partial charge in [0.1, 0.15) is 5.82 Å². The Morgan fingerprint density at radius 2 is 1.69 bits per heavy atom. The van der Waals surface area contributed by atoms with E-state index in [1.54, 1.807) is 41.3 Å². The molecule has 26 heavy (non-hydrogen) atoms. The lowest BCUT2D eigenvalue weighted by atomic mass is 10.1. The average molecular weight is 358 g/mol. The van der Waals surface area contributed by atoms with Gasteiger partial charge in [-0.1, -0.05) is 24.3 Å². The van der Waals surface area contributed by atoms with E-state index in [0.717, 1.165) is 0 Å². The van der Waals surface area contributed by atoms with Crippen molar-refractivity contribution in [2.45, 2.75) is 6.54 Å². The number of nitrogens with zero attached hydrogens (tertiary/aromatic N) is 2. The summed E-state index contributed by atoms with van der Waals surface area (Å²) in [6.07, 6.45) is 0. The Balaban J connectivity index is 2.27. The van der Waals surface area contributed by atoms with Crippen LogP contribution < -0.4 is 0 Å². The summed E-state index contributed by atoms with van der Waals surface area (Å²) in [5.41, 5.74) is 1.11. The van der Waals surface area contributed by atoms with E-state index in [2.05, 4.69) is 0 Å². The van der Waals surface area contributed by atoms with Crippen molar-refractivity contribution in [1.29, 1.82) is 0 Å². The highest BCUT2D eigenvalue weighted by Gasteiger charge is 2.19. The number of benzene rings is 2. The van der Waals surface area contributed by atoms with E-state index in [1.165, 1.54) is 19.2 Å². The summed E-state index contributed by atoms with van der Waals surface area (Å²) in [6.45, 7) is 1.22. The molecule has 5 nitrogen and oxygen atoms in total. The zero-order valence-electron chi connectivity index (χ0n) is 15.2. The highest BCUT2D eigenvalue weighted by Crippen LogP contribution is 2.15. The fourth-order valence-electron chi connectivity index (χ4n) is 2.48. The fourth-order valence-corrected chi connectivity index (χ4v) is 2.48. The first kappa shape index (κ1) is 19.6. The molecule has 0 aliphatic rings. The number of amides is 1. The zero-order valence-corrected chi connectivity index (χ0v) is 15.2. The number of carbonyl (C=O) groups is 2. The molecule has 0 saturated heterocycles. The van der Waals surface area contributed by atoms with Crippen LogP contribution in [0, 0.1) is 5.82 Å². The molecule has 0 N–H and O–H groups in total. The third-order valence-corrected chi connectivity index (χ3v) is 3.95. The van der Waals surface area contributed by atoms with E-state index in [1.807, 2.05) is 19.0 Å². The number of rotatable bonds is 7. The molecular weight excluding hydrogens is 335 g/mol. The second-order valence-corrected chi connectivity index (χ2v) is 6.19. The van der Waals surface area contributed by atoms with Crippen molar-refractivity contribution in [3.05, 3.63) is 71.0 Å². The van der Waals surface area contributed by atoms with Crippen LogP contribution >= 0.6 is 0 Å². The Bertz CT molecular complexity index is 777. The quantitative estimate of drug-likeness (QED) is 0.714. The summed E-state index contributed by atoms with van der Waals surface area (Å²) >= 11 is 0. The minimum absolute atomic E-state index is 0.155. The first-order valence-electron chi connectivity index (χ1n) is 8.28. The van der Waals surface area contributed by atoms with Crippen molar-refractivity contribution in [2.24, 2.45) is 0 Å². The number of likely N-dealkylation sites (N-methyl/N-ethyl adjacent to an activating group) is 1. The molecule has 0 radical (unpaired) electrons. The van der Waals surface area contributed by atoms with Gasteiger partial charge in [0.25, 0.3) is 5.91 Å². The van der Waals surface area contributed by atoms with Gasteiger partial charge in [0.15, 0.2) is 0 Å². The first-order chi connectivity index (χ1) is 12.4. The van der Waals surface area contributed by atoms with Crippen LogP contribution in [0.3, 0.4) is 0 Å². The molecule has 6 heteroatoms. The van der Waals surface area contributed by atoms with Gasteiger partial charge in [0.05, 0.1) is 12.7 Å². The van der Waals surface area contributed by atoms with E-state index >= 15 is 0 Å². The minimum atomic E-state index is -0.506. The maximum absolute atomic E-state index is 14.0. The predicted octanol–water partition coefficient (Wildman–Crippen LogP) is 2.82. The van der Waals surface area contributed by atoms with Crippen LogP contribution in [0.1, 0.15) is 26.3 Å². The molecule has 138 valence electrons. The summed E-state index contributed by atoms with van der Waals surface area (Å²) in [6, 6.07) is 12.8. The number of hydrogen-bond acceptors (Lipinski definition) is 4. The number of esters is 1. The summed E-state index contributed by atoms with van der Waals surface area (Å²) in [5.74, 6) is -1.12. The Kier molecular flexibility index (Phi) is 6.86. The van der Waals surface area contributed by atoms with E-state index in [9.17, 15) is 14.0 Å². The van der Waals surface area contributed by atoms with Gasteiger partial charge >= 0.3 is 5.97 Å². The lowest BCUT2D eigenvalue weighted by Gasteiger charge is -2.25. The molecule has 0 aromatic heterocycles. The lowest BCUT2D eigenvalue weighted by molar-refractivity contribution is 0.0600. The van der Waals surface area contributed by atoms with Crippen LogP contribution in [0.15, 0.2) is 48.5 Å². The number of methoxy groups -OCH3 is 1. The van der Waals surface area contributed by atoms with Gasteiger partial charge in [-0.2, -0.15) is 0 Å². The number of carbonyl (C=O) groups excluding carboxylic acids is 2. The summed E-state index contributed by atoms with van der Waals surface area (Å²) in [4.78, 5) is 28.2. The van der Waals surface area contributed by atoms with Crippen molar-refractivity contribution in [3.8, 4) is 0 Å². The van der Waals surface area contributed by atoms with Crippen LogP contribution in [0.25, 0.3) is 0 Å². The molecule has 0 aliphatic heterocycles. The van der Waals surface area contributed by atoms with E-state index in [4.69, 9.17) is 4.74 Å². The smallest absolute Gasteiger partial charge is 0.337 e. The summed E-state index contributed by atoms with van der Waals surface area (Å²) < 4.78 is 18.7. The molecule has 2 aromatic carbocycles. The molecule has 1 amide bonds. The molecule has 0 unspecified atom stereocenters. The van der Waals surface area contributed by atoms with Gasteiger partial charge in [-0.15, -0.1) is 0 Å². The normalized spacial score (nSPS) is 10.7. The number of hydrogen-bond donors (Lipinski definition) is 0. The molecule has 0 bridgehead atoms. The molecule has 0 saturated carbocycles. The van der Waals surface area contributed by atoms with Crippen LogP contribution in [-0.4, -0.2) is 56.0 Å². The van der Waals surface area contributed by atoms with E-state index < -0.39 is 5.97 Å². The van der Waals surface area contributed by atoms with Crippen LogP contribution in [0.2, 0.25) is 0 Å². The first-order valence-corrected chi connectivity index (χ1v) is 8.28. The standard InChI is InChI=1S/C20H23FN2O3/c1-22(2)11-12-23(14-17-7-4-5-10-18(17)21)19(24)15-8-6-9-16(13-15)20(25)26-3/h4-10,13H,11-12,14H2,1-3H3. The topological polar surface area (TPSA) is 49.9 Å². The van der Waals surface area contributed by atoms with E-state index in [-0.39, 0.29) is 18.3 Å². The zero-order chi connectivity index (χ0) is 19.1. The fraction of sp³-hybridized carbons (Fsp3) is 0.300. The van der Waals surface area contributed by atoms with Gasteiger partial charge in [-0.3, -0.25) is 4.79 Å². The number of ether oxygens (including phenoxy) is 1. The maximum Gasteiger partial charge on any atom is 0.337 e. The Morgan fingerprint density at radius 1 is 1.00 bits per heavy atom. The molecule has 0 fully saturated rings.